The van der Waals surface area contributed by atoms with Crippen molar-refractivity contribution in [1.82, 2.24) is 5.32 Å². The average Bonchev–Trinajstić information content (AvgIpc) is 2.27. The molecule has 0 aliphatic heterocycles. The van der Waals surface area contributed by atoms with Crippen molar-refractivity contribution in [3.63, 3.8) is 0 Å². The fraction of sp³-hybridized carbons (Fsp3) is 0.462. The summed E-state index contributed by atoms with van der Waals surface area (Å²) in [5.41, 5.74) is 1.20. The molecule has 17 heavy (non-hydrogen) atoms. The quantitative estimate of drug-likeness (QED) is 0.710. The lowest BCUT2D eigenvalue weighted by molar-refractivity contribution is -0.136. The van der Waals surface area contributed by atoms with E-state index in [0.29, 0.717) is 13.1 Å². The van der Waals surface area contributed by atoms with Gasteiger partial charge in [-0.3, -0.25) is 4.79 Å². The SMILES string of the molecule is Cc1ccc(OC(C)CNCCC(=O)O)cc1. The minimum Gasteiger partial charge on any atom is -0.489 e. The fourth-order valence-electron chi connectivity index (χ4n) is 1.39. The third-order valence-corrected chi connectivity index (χ3v) is 2.31. The zero-order valence-corrected chi connectivity index (χ0v) is 10.3. The highest BCUT2D eigenvalue weighted by atomic mass is 16.5. The maximum Gasteiger partial charge on any atom is 0.304 e. The number of carboxylic acids is 1. The van der Waals surface area contributed by atoms with Crippen molar-refractivity contribution in [3.8, 4) is 5.75 Å². The van der Waals surface area contributed by atoms with Gasteiger partial charge < -0.3 is 15.2 Å². The van der Waals surface area contributed by atoms with E-state index in [0.717, 1.165) is 5.75 Å². The van der Waals surface area contributed by atoms with Crippen molar-refractivity contribution in [2.45, 2.75) is 26.4 Å². The Morgan fingerprint density at radius 3 is 2.65 bits per heavy atom. The summed E-state index contributed by atoms with van der Waals surface area (Å²) in [6, 6.07) is 7.87. The number of ether oxygens (including phenoxy) is 1. The molecule has 4 nitrogen and oxygen atoms in total. The summed E-state index contributed by atoms with van der Waals surface area (Å²) in [6.07, 6.45) is 0.156. The standard InChI is InChI=1S/C13H19NO3/c1-10-3-5-12(6-4-10)17-11(2)9-14-8-7-13(15)16/h3-6,11,14H,7-9H2,1-2H3,(H,15,16). The Hall–Kier alpha value is -1.55. The highest BCUT2D eigenvalue weighted by molar-refractivity contribution is 5.66. The first-order valence-corrected chi connectivity index (χ1v) is 5.74. The molecule has 0 heterocycles. The molecule has 0 saturated carbocycles. The number of rotatable bonds is 7. The molecule has 0 saturated heterocycles. The van der Waals surface area contributed by atoms with Crippen LogP contribution in [0.4, 0.5) is 0 Å². The van der Waals surface area contributed by atoms with Gasteiger partial charge in [0, 0.05) is 13.1 Å². The van der Waals surface area contributed by atoms with E-state index in [1.165, 1.54) is 5.56 Å². The van der Waals surface area contributed by atoms with Gasteiger partial charge in [0.1, 0.15) is 11.9 Å². The number of hydrogen-bond donors (Lipinski definition) is 2. The van der Waals surface area contributed by atoms with Gasteiger partial charge in [-0.1, -0.05) is 17.7 Å². The van der Waals surface area contributed by atoms with E-state index in [-0.39, 0.29) is 12.5 Å². The number of benzene rings is 1. The number of aryl methyl sites for hydroxylation is 1. The van der Waals surface area contributed by atoms with Crippen LogP contribution in [0, 0.1) is 6.92 Å². The van der Waals surface area contributed by atoms with E-state index in [4.69, 9.17) is 9.84 Å². The average molecular weight is 237 g/mol. The van der Waals surface area contributed by atoms with Crippen molar-refractivity contribution in [1.29, 1.82) is 0 Å². The maximum absolute atomic E-state index is 10.3. The first-order valence-electron chi connectivity index (χ1n) is 5.74. The summed E-state index contributed by atoms with van der Waals surface area (Å²) in [7, 11) is 0. The van der Waals surface area contributed by atoms with E-state index < -0.39 is 5.97 Å². The minimum absolute atomic E-state index is 0.0199. The maximum atomic E-state index is 10.3. The fourth-order valence-corrected chi connectivity index (χ4v) is 1.39. The first kappa shape index (κ1) is 13.5. The Morgan fingerprint density at radius 2 is 2.06 bits per heavy atom. The number of carboxylic acid groups (broad SMARTS) is 1. The molecule has 1 unspecified atom stereocenters. The van der Waals surface area contributed by atoms with Crippen molar-refractivity contribution in [3.05, 3.63) is 29.8 Å². The Morgan fingerprint density at radius 1 is 1.41 bits per heavy atom. The zero-order chi connectivity index (χ0) is 12.7. The van der Waals surface area contributed by atoms with Crippen LogP contribution < -0.4 is 10.1 Å². The highest BCUT2D eigenvalue weighted by Gasteiger charge is 2.04. The molecule has 0 bridgehead atoms. The monoisotopic (exact) mass is 237 g/mol. The summed E-state index contributed by atoms with van der Waals surface area (Å²) in [5.74, 6) is 0.0488. The zero-order valence-electron chi connectivity index (χ0n) is 10.3. The molecule has 4 heteroatoms. The van der Waals surface area contributed by atoms with Gasteiger partial charge in [0.15, 0.2) is 0 Å². The van der Waals surface area contributed by atoms with Gasteiger partial charge in [-0.25, -0.2) is 0 Å². The Labute approximate surface area is 102 Å². The molecule has 94 valence electrons. The lowest BCUT2D eigenvalue weighted by Crippen LogP contribution is -2.30. The first-order chi connectivity index (χ1) is 8.08. The van der Waals surface area contributed by atoms with Crippen LogP contribution in [0.5, 0.6) is 5.75 Å². The second kappa shape index (κ2) is 6.91. The van der Waals surface area contributed by atoms with Gasteiger partial charge >= 0.3 is 5.97 Å². The molecule has 2 N–H and O–H groups in total. The van der Waals surface area contributed by atoms with Gasteiger partial charge in [0.05, 0.1) is 6.42 Å². The van der Waals surface area contributed by atoms with Crippen LogP contribution in [0.3, 0.4) is 0 Å². The molecule has 0 amide bonds. The Balaban J connectivity index is 2.22. The summed E-state index contributed by atoms with van der Waals surface area (Å²) in [4.78, 5) is 10.3. The van der Waals surface area contributed by atoms with Gasteiger partial charge in [-0.15, -0.1) is 0 Å². The molecule has 1 atom stereocenters. The van der Waals surface area contributed by atoms with Crippen LogP contribution in [0.15, 0.2) is 24.3 Å². The lowest BCUT2D eigenvalue weighted by Gasteiger charge is -2.15. The normalized spacial score (nSPS) is 12.1. The molecule has 1 aromatic rings. The van der Waals surface area contributed by atoms with Crippen molar-refractivity contribution >= 4 is 5.97 Å². The second-order valence-electron chi connectivity index (χ2n) is 4.09. The van der Waals surface area contributed by atoms with Crippen molar-refractivity contribution in [2.24, 2.45) is 0 Å². The smallest absolute Gasteiger partial charge is 0.304 e. The highest BCUT2D eigenvalue weighted by Crippen LogP contribution is 2.12. The summed E-state index contributed by atoms with van der Waals surface area (Å²) in [5, 5.41) is 11.5. The van der Waals surface area contributed by atoms with Crippen LogP contribution in [0.25, 0.3) is 0 Å². The number of hydrogen-bond acceptors (Lipinski definition) is 3. The molecule has 0 aliphatic carbocycles. The largest absolute Gasteiger partial charge is 0.489 e. The lowest BCUT2D eigenvalue weighted by atomic mass is 10.2. The molecule has 0 aliphatic rings. The molecule has 1 aromatic carbocycles. The van der Waals surface area contributed by atoms with Crippen LogP contribution in [0.1, 0.15) is 18.9 Å². The number of carbonyl (C=O) groups is 1. The Kier molecular flexibility index (Phi) is 5.49. The Bertz CT molecular complexity index is 348. The van der Waals surface area contributed by atoms with E-state index in [1.54, 1.807) is 0 Å². The van der Waals surface area contributed by atoms with Crippen molar-refractivity contribution in [2.75, 3.05) is 13.1 Å². The third kappa shape index (κ3) is 5.92. The van der Waals surface area contributed by atoms with Gasteiger partial charge in [0.25, 0.3) is 0 Å². The minimum atomic E-state index is -0.787. The van der Waals surface area contributed by atoms with Gasteiger partial charge in [-0.05, 0) is 26.0 Å². The van der Waals surface area contributed by atoms with E-state index >= 15 is 0 Å². The molecule has 0 radical (unpaired) electrons. The van der Waals surface area contributed by atoms with E-state index in [1.807, 2.05) is 38.1 Å². The van der Waals surface area contributed by atoms with Crippen LogP contribution in [-0.4, -0.2) is 30.3 Å². The van der Waals surface area contributed by atoms with Crippen LogP contribution >= 0.6 is 0 Å². The number of nitrogens with one attached hydrogen (secondary N) is 1. The molecule has 1 rings (SSSR count). The molecular formula is C13H19NO3. The molecular weight excluding hydrogens is 218 g/mol. The topological polar surface area (TPSA) is 58.6 Å². The predicted molar refractivity (Wildman–Crippen MR) is 66.4 cm³/mol. The van der Waals surface area contributed by atoms with E-state index in [9.17, 15) is 4.79 Å². The van der Waals surface area contributed by atoms with Crippen molar-refractivity contribution < 1.29 is 14.6 Å². The van der Waals surface area contributed by atoms with Crippen LogP contribution in [-0.2, 0) is 4.79 Å². The molecule has 0 aromatic heterocycles. The third-order valence-electron chi connectivity index (χ3n) is 2.31. The predicted octanol–water partition coefficient (Wildman–Crippen LogP) is 1.83. The van der Waals surface area contributed by atoms with Gasteiger partial charge in [-0.2, -0.15) is 0 Å². The number of aliphatic carboxylic acids is 1. The summed E-state index contributed by atoms with van der Waals surface area (Å²) < 4.78 is 5.67. The van der Waals surface area contributed by atoms with E-state index in [2.05, 4.69) is 5.32 Å². The second-order valence-corrected chi connectivity index (χ2v) is 4.09. The van der Waals surface area contributed by atoms with Crippen LogP contribution in [0.2, 0.25) is 0 Å². The molecule has 0 fully saturated rings. The molecule has 0 spiro atoms. The summed E-state index contributed by atoms with van der Waals surface area (Å²) >= 11 is 0. The summed E-state index contributed by atoms with van der Waals surface area (Å²) in [6.45, 7) is 5.09. The van der Waals surface area contributed by atoms with Gasteiger partial charge in [0.2, 0.25) is 0 Å².